The summed E-state index contributed by atoms with van der Waals surface area (Å²) >= 11 is 0. The van der Waals surface area contributed by atoms with Crippen LogP contribution in [-0.4, -0.2) is 25.2 Å². The van der Waals surface area contributed by atoms with Crippen LogP contribution in [0.15, 0.2) is 30.8 Å². The van der Waals surface area contributed by atoms with Gasteiger partial charge in [-0.05, 0) is 31.0 Å². The Bertz CT molecular complexity index is 398. The molecule has 0 fully saturated rings. The van der Waals surface area contributed by atoms with Gasteiger partial charge in [0.2, 0.25) is 0 Å². The fourth-order valence-electron chi connectivity index (χ4n) is 1.82. The van der Waals surface area contributed by atoms with E-state index in [0.717, 1.165) is 18.4 Å². The molecule has 19 heavy (non-hydrogen) atoms. The van der Waals surface area contributed by atoms with Crippen LogP contribution < -0.4 is 5.32 Å². The predicted molar refractivity (Wildman–Crippen MR) is 79.2 cm³/mol. The molecule has 104 valence electrons. The van der Waals surface area contributed by atoms with Crippen LogP contribution in [0.25, 0.3) is 6.08 Å². The first-order valence-corrected chi connectivity index (χ1v) is 6.80. The Kier molecular flexibility index (Phi) is 6.90. The van der Waals surface area contributed by atoms with E-state index in [9.17, 15) is 4.79 Å². The van der Waals surface area contributed by atoms with Crippen molar-refractivity contribution >= 4 is 12.0 Å². The van der Waals surface area contributed by atoms with E-state index in [1.165, 1.54) is 0 Å². The molecule has 1 rings (SSSR count). The zero-order valence-electron chi connectivity index (χ0n) is 11.8. The lowest BCUT2D eigenvalue weighted by Gasteiger charge is -2.12. The van der Waals surface area contributed by atoms with Crippen LogP contribution in [-0.2, 0) is 4.74 Å². The summed E-state index contributed by atoms with van der Waals surface area (Å²) in [6.07, 6.45) is 4.04. The van der Waals surface area contributed by atoms with E-state index >= 15 is 0 Å². The zero-order valence-corrected chi connectivity index (χ0v) is 11.8. The van der Waals surface area contributed by atoms with E-state index in [-0.39, 0.29) is 5.97 Å². The smallest absolute Gasteiger partial charge is 0.338 e. The van der Waals surface area contributed by atoms with E-state index in [2.05, 4.69) is 25.7 Å². The summed E-state index contributed by atoms with van der Waals surface area (Å²) in [5.41, 5.74) is 1.57. The van der Waals surface area contributed by atoms with Gasteiger partial charge in [0.25, 0.3) is 0 Å². The minimum absolute atomic E-state index is 0.277. The van der Waals surface area contributed by atoms with Gasteiger partial charge in [-0.1, -0.05) is 38.1 Å². The van der Waals surface area contributed by atoms with Crippen molar-refractivity contribution in [3.05, 3.63) is 42.0 Å². The molecule has 1 aromatic carbocycles. The summed E-state index contributed by atoms with van der Waals surface area (Å²) < 4.78 is 5.20. The summed E-state index contributed by atoms with van der Waals surface area (Å²) in [5.74, 6) is -0.277. The second-order valence-corrected chi connectivity index (χ2v) is 4.61. The highest BCUT2D eigenvalue weighted by molar-refractivity contribution is 5.89. The van der Waals surface area contributed by atoms with Crippen molar-refractivity contribution in [1.29, 1.82) is 0 Å². The maximum absolute atomic E-state index is 11.7. The second-order valence-electron chi connectivity index (χ2n) is 4.61. The molecule has 1 unspecified atom stereocenters. The van der Waals surface area contributed by atoms with Crippen LogP contribution in [0.4, 0.5) is 0 Å². The normalized spacial score (nSPS) is 11.9. The molecule has 3 heteroatoms. The fourth-order valence-corrected chi connectivity index (χ4v) is 1.82. The number of benzene rings is 1. The standard InChI is InChI=1S/C16H23NO2/c1-4-6-13(3)17-11-12-19-16(18)15-9-7-14(5-2)8-10-15/h5,7-10,13,17H,2,4,6,11-12H2,1,3H3. The highest BCUT2D eigenvalue weighted by atomic mass is 16.5. The third-order valence-electron chi connectivity index (χ3n) is 2.93. The maximum Gasteiger partial charge on any atom is 0.338 e. The van der Waals surface area contributed by atoms with Gasteiger partial charge < -0.3 is 10.1 Å². The maximum atomic E-state index is 11.7. The molecule has 0 spiro atoms. The fraction of sp³-hybridized carbons (Fsp3) is 0.438. The van der Waals surface area contributed by atoms with Gasteiger partial charge in [-0.3, -0.25) is 0 Å². The van der Waals surface area contributed by atoms with Crippen molar-refractivity contribution in [2.45, 2.75) is 32.7 Å². The van der Waals surface area contributed by atoms with Crippen molar-refractivity contribution in [3.8, 4) is 0 Å². The first-order valence-electron chi connectivity index (χ1n) is 6.80. The molecule has 0 aliphatic rings. The molecule has 1 aromatic rings. The van der Waals surface area contributed by atoms with Gasteiger partial charge >= 0.3 is 5.97 Å². The summed E-state index contributed by atoms with van der Waals surface area (Å²) in [4.78, 5) is 11.7. The minimum Gasteiger partial charge on any atom is -0.461 e. The first kappa shape index (κ1) is 15.4. The third kappa shape index (κ3) is 5.71. The highest BCUT2D eigenvalue weighted by Gasteiger charge is 2.06. The lowest BCUT2D eigenvalue weighted by molar-refractivity contribution is 0.0506. The number of carbonyl (C=O) groups is 1. The van der Waals surface area contributed by atoms with E-state index in [1.54, 1.807) is 18.2 Å². The molecule has 3 nitrogen and oxygen atoms in total. The zero-order chi connectivity index (χ0) is 14.1. The Labute approximate surface area is 115 Å². The molecule has 0 saturated heterocycles. The Morgan fingerprint density at radius 2 is 2.11 bits per heavy atom. The average Bonchev–Trinajstić information content (AvgIpc) is 2.44. The van der Waals surface area contributed by atoms with Gasteiger partial charge in [-0.15, -0.1) is 0 Å². The van der Waals surface area contributed by atoms with Gasteiger partial charge in [0.15, 0.2) is 0 Å². The number of carbonyl (C=O) groups excluding carboxylic acids is 1. The van der Waals surface area contributed by atoms with E-state index in [0.29, 0.717) is 24.8 Å². The number of hydrogen-bond acceptors (Lipinski definition) is 3. The lowest BCUT2D eigenvalue weighted by atomic mass is 10.1. The molecule has 0 radical (unpaired) electrons. The largest absolute Gasteiger partial charge is 0.461 e. The molecular weight excluding hydrogens is 238 g/mol. The molecule has 0 aliphatic heterocycles. The summed E-state index contributed by atoms with van der Waals surface area (Å²) in [5, 5.41) is 3.32. The second kappa shape index (κ2) is 8.48. The molecule has 1 atom stereocenters. The SMILES string of the molecule is C=Cc1ccc(C(=O)OCCNC(C)CCC)cc1. The molecule has 0 aliphatic carbocycles. The van der Waals surface area contributed by atoms with E-state index in [4.69, 9.17) is 4.74 Å². The van der Waals surface area contributed by atoms with Crippen molar-refractivity contribution in [3.63, 3.8) is 0 Å². The topological polar surface area (TPSA) is 38.3 Å². The number of nitrogens with one attached hydrogen (secondary N) is 1. The molecule has 0 saturated carbocycles. The molecule has 1 N–H and O–H groups in total. The van der Waals surface area contributed by atoms with Crippen LogP contribution in [0, 0.1) is 0 Å². The predicted octanol–water partition coefficient (Wildman–Crippen LogP) is 3.26. The molecule has 0 heterocycles. The van der Waals surface area contributed by atoms with Crippen molar-refractivity contribution < 1.29 is 9.53 Å². The van der Waals surface area contributed by atoms with Crippen LogP contribution in [0.2, 0.25) is 0 Å². The molecular formula is C16H23NO2. The van der Waals surface area contributed by atoms with Gasteiger partial charge in [-0.2, -0.15) is 0 Å². The Morgan fingerprint density at radius 3 is 2.68 bits per heavy atom. The Balaban J connectivity index is 2.28. The molecule has 0 aromatic heterocycles. The lowest BCUT2D eigenvalue weighted by Crippen LogP contribution is -2.29. The molecule has 0 bridgehead atoms. The van der Waals surface area contributed by atoms with Crippen LogP contribution in [0.5, 0.6) is 0 Å². The van der Waals surface area contributed by atoms with Crippen molar-refractivity contribution in [1.82, 2.24) is 5.32 Å². The molecule has 0 amide bonds. The van der Waals surface area contributed by atoms with Crippen molar-refractivity contribution in [2.75, 3.05) is 13.2 Å². The number of ether oxygens (including phenoxy) is 1. The van der Waals surface area contributed by atoms with E-state index in [1.807, 2.05) is 12.1 Å². The minimum atomic E-state index is -0.277. The summed E-state index contributed by atoms with van der Waals surface area (Å²) in [6.45, 7) is 9.06. The monoisotopic (exact) mass is 261 g/mol. The van der Waals surface area contributed by atoms with Gasteiger partial charge in [0.1, 0.15) is 6.61 Å². The van der Waals surface area contributed by atoms with Gasteiger partial charge in [0.05, 0.1) is 5.56 Å². The summed E-state index contributed by atoms with van der Waals surface area (Å²) in [7, 11) is 0. The quantitative estimate of drug-likeness (QED) is 0.576. The third-order valence-corrected chi connectivity index (χ3v) is 2.93. The number of hydrogen-bond donors (Lipinski definition) is 1. The number of esters is 1. The summed E-state index contributed by atoms with van der Waals surface area (Å²) in [6, 6.07) is 7.69. The van der Waals surface area contributed by atoms with E-state index < -0.39 is 0 Å². The van der Waals surface area contributed by atoms with Crippen LogP contribution in [0.1, 0.15) is 42.6 Å². The van der Waals surface area contributed by atoms with Gasteiger partial charge in [-0.25, -0.2) is 4.79 Å². The van der Waals surface area contributed by atoms with Crippen LogP contribution >= 0.6 is 0 Å². The highest BCUT2D eigenvalue weighted by Crippen LogP contribution is 2.06. The van der Waals surface area contributed by atoms with Crippen LogP contribution in [0.3, 0.4) is 0 Å². The average molecular weight is 261 g/mol. The van der Waals surface area contributed by atoms with Crippen molar-refractivity contribution in [2.24, 2.45) is 0 Å². The Hall–Kier alpha value is -1.61. The van der Waals surface area contributed by atoms with Gasteiger partial charge in [0, 0.05) is 12.6 Å². The number of rotatable bonds is 8. The first-order chi connectivity index (χ1) is 9.17. The Morgan fingerprint density at radius 1 is 1.42 bits per heavy atom.